The molecular weight excluding hydrogens is 330 g/mol. The Morgan fingerprint density at radius 2 is 1.90 bits per heavy atom. The minimum atomic E-state index is -0.143. The number of carbonyl (C=O) groups is 2. The highest BCUT2D eigenvalue weighted by atomic mass is 79.9. The smallest absolute Gasteiger partial charge is 0.230 e. The van der Waals surface area contributed by atoms with E-state index in [-0.39, 0.29) is 23.7 Å². The maximum atomic E-state index is 12.4. The summed E-state index contributed by atoms with van der Waals surface area (Å²) in [6.45, 7) is 2.04. The fourth-order valence-electron chi connectivity index (χ4n) is 3.81. The molecule has 1 heterocycles. The van der Waals surface area contributed by atoms with Crippen molar-refractivity contribution in [3.63, 3.8) is 0 Å². The lowest BCUT2D eigenvalue weighted by atomic mass is 9.73. The number of hydrogen-bond acceptors (Lipinski definition) is 2. The van der Waals surface area contributed by atoms with E-state index in [1.807, 2.05) is 6.92 Å². The molecule has 0 spiro atoms. The van der Waals surface area contributed by atoms with Crippen LogP contribution in [-0.4, -0.2) is 11.8 Å². The molecule has 0 radical (unpaired) electrons. The van der Waals surface area contributed by atoms with E-state index in [9.17, 15) is 9.59 Å². The van der Waals surface area contributed by atoms with E-state index in [4.69, 9.17) is 0 Å². The van der Waals surface area contributed by atoms with E-state index >= 15 is 0 Å². The third kappa shape index (κ3) is 2.91. The van der Waals surface area contributed by atoms with E-state index in [1.165, 1.54) is 18.4 Å². The van der Waals surface area contributed by atoms with Crippen LogP contribution in [0.4, 0.5) is 0 Å². The molecule has 2 aliphatic rings. The third-order valence-electron chi connectivity index (χ3n) is 4.94. The van der Waals surface area contributed by atoms with Gasteiger partial charge in [0, 0.05) is 22.7 Å². The van der Waals surface area contributed by atoms with Crippen LogP contribution in [0.2, 0.25) is 0 Å². The Morgan fingerprint density at radius 1 is 1.19 bits per heavy atom. The largest absolute Gasteiger partial charge is 0.296 e. The van der Waals surface area contributed by atoms with Gasteiger partial charge in [-0.25, -0.2) is 0 Å². The first-order valence-electron chi connectivity index (χ1n) is 7.66. The molecule has 0 bridgehead atoms. The van der Waals surface area contributed by atoms with Gasteiger partial charge in [-0.15, -0.1) is 0 Å². The first-order valence-corrected chi connectivity index (χ1v) is 8.45. The van der Waals surface area contributed by atoms with Crippen LogP contribution in [0.1, 0.15) is 49.1 Å². The minimum absolute atomic E-state index is 0.0197. The Hall–Kier alpha value is -1.16. The molecule has 112 valence electrons. The Labute approximate surface area is 133 Å². The van der Waals surface area contributed by atoms with Gasteiger partial charge in [-0.05, 0) is 42.9 Å². The van der Waals surface area contributed by atoms with Gasteiger partial charge in [0.2, 0.25) is 11.8 Å². The number of imide groups is 1. The molecule has 1 aromatic rings. The minimum Gasteiger partial charge on any atom is -0.296 e. The molecular formula is C17H20BrNO2. The van der Waals surface area contributed by atoms with E-state index in [1.54, 1.807) is 0 Å². The number of halogens is 1. The summed E-state index contributed by atoms with van der Waals surface area (Å²) in [5, 5.41) is 2.54. The number of benzene rings is 1. The van der Waals surface area contributed by atoms with Crippen molar-refractivity contribution in [2.45, 2.75) is 44.9 Å². The maximum absolute atomic E-state index is 12.4. The van der Waals surface area contributed by atoms with Crippen molar-refractivity contribution in [1.82, 2.24) is 5.32 Å². The molecule has 1 saturated heterocycles. The van der Waals surface area contributed by atoms with Gasteiger partial charge in [0.25, 0.3) is 0 Å². The fourth-order valence-corrected chi connectivity index (χ4v) is 4.20. The van der Waals surface area contributed by atoms with Gasteiger partial charge in [-0.1, -0.05) is 40.9 Å². The van der Waals surface area contributed by atoms with Crippen molar-refractivity contribution in [3.8, 4) is 0 Å². The Bertz CT molecular complexity index is 578. The number of hydrogen-bond donors (Lipinski definition) is 1. The Kier molecular flexibility index (Phi) is 4.16. The SMILES string of the molecule is Cc1ccc(C2CC(=O)NC(=O)C2C2CCCC2)cc1Br. The topological polar surface area (TPSA) is 46.2 Å². The summed E-state index contributed by atoms with van der Waals surface area (Å²) in [6.07, 6.45) is 5.04. The molecule has 1 aliphatic carbocycles. The van der Waals surface area contributed by atoms with Crippen molar-refractivity contribution in [2.24, 2.45) is 11.8 Å². The maximum Gasteiger partial charge on any atom is 0.230 e. The van der Waals surface area contributed by atoms with Crippen LogP contribution in [-0.2, 0) is 9.59 Å². The zero-order chi connectivity index (χ0) is 15.0. The average Bonchev–Trinajstić information content (AvgIpc) is 2.94. The van der Waals surface area contributed by atoms with Gasteiger partial charge >= 0.3 is 0 Å². The summed E-state index contributed by atoms with van der Waals surface area (Å²) < 4.78 is 1.05. The first-order chi connectivity index (χ1) is 10.1. The van der Waals surface area contributed by atoms with E-state index in [2.05, 4.69) is 39.4 Å². The molecule has 3 rings (SSSR count). The summed E-state index contributed by atoms with van der Waals surface area (Å²) >= 11 is 3.56. The van der Waals surface area contributed by atoms with Crippen LogP contribution in [0, 0.1) is 18.8 Å². The van der Waals surface area contributed by atoms with Gasteiger partial charge in [0.15, 0.2) is 0 Å². The summed E-state index contributed by atoms with van der Waals surface area (Å²) in [5.74, 6) is 0.171. The second-order valence-electron chi connectivity index (χ2n) is 6.30. The van der Waals surface area contributed by atoms with Crippen molar-refractivity contribution in [3.05, 3.63) is 33.8 Å². The molecule has 0 aromatic heterocycles. The molecule has 1 aliphatic heterocycles. The highest BCUT2D eigenvalue weighted by Gasteiger charge is 2.42. The zero-order valence-electron chi connectivity index (χ0n) is 12.2. The van der Waals surface area contributed by atoms with E-state index in [0.717, 1.165) is 22.9 Å². The third-order valence-corrected chi connectivity index (χ3v) is 5.79. The van der Waals surface area contributed by atoms with Crippen molar-refractivity contribution < 1.29 is 9.59 Å². The van der Waals surface area contributed by atoms with Crippen LogP contribution >= 0.6 is 15.9 Å². The number of carbonyl (C=O) groups excluding carboxylic acids is 2. The van der Waals surface area contributed by atoms with Crippen LogP contribution in [0.15, 0.2) is 22.7 Å². The zero-order valence-corrected chi connectivity index (χ0v) is 13.8. The summed E-state index contributed by atoms with van der Waals surface area (Å²) in [5.41, 5.74) is 2.27. The number of aryl methyl sites for hydroxylation is 1. The van der Waals surface area contributed by atoms with Crippen molar-refractivity contribution >= 4 is 27.7 Å². The lowest BCUT2D eigenvalue weighted by molar-refractivity contribution is -0.138. The molecule has 1 N–H and O–H groups in total. The van der Waals surface area contributed by atoms with Gasteiger partial charge in [-0.2, -0.15) is 0 Å². The molecule has 2 unspecified atom stereocenters. The van der Waals surface area contributed by atoms with Crippen LogP contribution in [0.25, 0.3) is 0 Å². The lowest BCUT2D eigenvalue weighted by Gasteiger charge is -2.34. The fraction of sp³-hybridized carbons (Fsp3) is 0.529. The van der Waals surface area contributed by atoms with Crippen molar-refractivity contribution in [1.29, 1.82) is 0 Å². The second kappa shape index (κ2) is 5.91. The first kappa shape index (κ1) is 14.8. The predicted molar refractivity (Wildman–Crippen MR) is 84.8 cm³/mol. The molecule has 1 saturated carbocycles. The van der Waals surface area contributed by atoms with Gasteiger partial charge < -0.3 is 0 Å². The van der Waals surface area contributed by atoms with E-state index in [0.29, 0.717) is 12.3 Å². The van der Waals surface area contributed by atoms with Crippen molar-refractivity contribution in [2.75, 3.05) is 0 Å². The van der Waals surface area contributed by atoms with Crippen LogP contribution < -0.4 is 5.32 Å². The quantitative estimate of drug-likeness (QED) is 0.827. The number of nitrogens with one attached hydrogen (secondary N) is 1. The van der Waals surface area contributed by atoms with Gasteiger partial charge in [-0.3, -0.25) is 14.9 Å². The molecule has 2 amide bonds. The Morgan fingerprint density at radius 3 is 2.57 bits per heavy atom. The summed E-state index contributed by atoms with van der Waals surface area (Å²) in [7, 11) is 0. The average molecular weight is 350 g/mol. The molecule has 4 heteroatoms. The summed E-state index contributed by atoms with van der Waals surface area (Å²) in [6, 6.07) is 6.20. The van der Waals surface area contributed by atoms with Crippen LogP contribution in [0.5, 0.6) is 0 Å². The molecule has 2 fully saturated rings. The lowest BCUT2D eigenvalue weighted by Crippen LogP contribution is -2.47. The second-order valence-corrected chi connectivity index (χ2v) is 7.16. The molecule has 2 atom stereocenters. The van der Waals surface area contributed by atoms with Gasteiger partial charge in [0.1, 0.15) is 0 Å². The monoisotopic (exact) mass is 349 g/mol. The standard InChI is InChI=1S/C17H20BrNO2/c1-10-6-7-12(8-14(10)18)13-9-15(20)19-17(21)16(13)11-4-2-3-5-11/h6-8,11,13,16H,2-5,9H2,1H3,(H,19,20,21). The Balaban J connectivity index is 1.95. The molecule has 3 nitrogen and oxygen atoms in total. The molecule has 1 aromatic carbocycles. The van der Waals surface area contributed by atoms with Gasteiger partial charge in [0.05, 0.1) is 0 Å². The molecule has 21 heavy (non-hydrogen) atoms. The van der Waals surface area contributed by atoms with E-state index < -0.39 is 0 Å². The number of amides is 2. The highest BCUT2D eigenvalue weighted by molar-refractivity contribution is 9.10. The number of rotatable bonds is 2. The predicted octanol–water partition coefficient (Wildman–Crippen LogP) is 3.69. The van der Waals surface area contributed by atoms with Crippen LogP contribution in [0.3, 0.4) is 0 Å². The summed E-state index contributed by atoms with van der Waals surface area (Å²) in [4.78, 5) is 24.2. The normalized spacial score (nSPS) is 27.0. The highest BCUT2D eigenvalue weighted by Crippen LogP contribution is 2.43. The number of piperidine rings is 1.